The van der Waals surface area contributed by atoms with Gasteiger partial charge in [0.05, 0.1) is 18.6 Å². The van der Waals surface area contributed by atoms with Crippen LogP contribution in [0.25, 0.3) is 22.2 Å². The number of rotatable bonds is 3. The molecule has 0 saturated carbocycles. The van der Waals surface area contributed by atoms with Crippen molar-refractivity contribution in [1.82, 2.24) is 14.9 Å². The number of aromatic nitrogens is 2. The summed E-state index contributed by atoms with van der Waals surface area (Å²) in [5, 5.41) is 0.528. The molecule has 0 N–H and O–H groups in total. The zero-order chi connectivity index (χ0) is 20.5. The van der Waals surface area contributed by atoms with E-state index >= 15 is 0 Å². The van der Waals surface area contributed by atoms with Gasteiger partial charge in [-0.05, 0) is 25.2 Å². The molecular weight excluding hydrogens is 382 g/mol. The van der Waals surface area contributed by atoms with E-state index in [0.717, 1.165) is 37.6 Å². The Kier molecular flexibility index (Phi) is 5.10. The van der Waals surface area contributed by atoms with Gasteiger partial charge in [0, 0.05) is 63.3 Å². The van der Waals surface area contributed by atoms with Crippen LogP contribution in [0.5, 0.6) is 0 Å². The van der Waals surface area contributed by atoms with Gasteiger partial charge in [0.15, 0.2) is 16.9 Å². The molecule has 0 unspecified atom stereocenters. The number of pyridine rings is 2. The van der Waals surface area contributed by atoms with Crippen LogP contribution in [-0.2, 0) is 4.74 Å². The molecule has 0 radical (unpaired) electrons. The summed E-state index contributed by atoms with van der Waals surface area (Å²) in [6, 6.07) is 7.29. The molecule has 2 aliphatic heterocycles. The fourth-order valence-electron chi connectivity index (χ4n) is 3.96. The Hall–Kier alpha value is -2.97. The smallest absolute Gasteiger partial charge is 0.200 e. The van der Waals surface area contributed by atoms with Crippen molar-refractivity contribution in [3.05, 3.63) is 46.9 Å². The Morgan fingerprint density at radius 2 is 1.73 bits per heavy atom. The van der Waals surface area contributed by atoms with Crippen LogP contribution in [0.2, 0.25) is 0 Å². The largest absolute Gasteiger partial charge is 0.438 e. The highest BCUT2D eigenvalue weighted by atomic mass is 16.5. The first kappa shape index (κ1) is 19.0. The van der Waals surface area contributed by atoms with E-state index in [1.54, 1.807) is 18.3 Å². The van der Waals surface area contributed by atoms with E-state index in [4.69, 9.17) is 9.15 Å². The maximum atomic E-state index is 12.7. The molecule has 3 aromatic rings. The van der Waals surface area contributed by atoms with E-state index in [2.05, 4.69) is 26.8 Å². The van der Waals surface area contributed by atoms with E-state index in [9.17, 15) is 4.79 Å². The van der Waals surface area contributed by atoms with Crippen molar-refractivity contribution in [2.45, 2.75) is 0 Å². The van der Waals surface area contributed by atoms with Crippen LogP contribution in [0.15, 0.2) is 45.9 Å². The van der Waals surface area contributed by atoms with Crippen molar-refractivity contribution in [2.75, 3.05) is 69.3 Å². The van der Waals surface area contributed by atoms with Crippen LogP contribution in [-0.4, -0.2) is 74.4 Å². The molecule has 2 saturated heterocycles. The number of nitrogens with zero attached hydrogens (tertiary/aromatic N) is 5. The van der Waals surface area contributed by atoms with Gasteiger partial charge in [0.1, 0.15) is 11.5 Å². The zero-order valence-electron chi connectivity index (χ0n) is 17.1. The van der Waals surface area contributed by atoms with E-state index in [-0.39, 0.29) is 5.43 Å². The molecular formula is C22H25N5O3. The first-order valence-electron chi connectivity index (χ1n) is 10.3. The van der Waals surface area contributed by atoms with Gasteiger partial charge in [-0.25, -0.2) is 4.98 Å². The molecule has 5 rings (SSSR count). The average molecular weight is 407 g/mol. The lowest BCUT2D eigenvalue weighted by atomic mass is 10.1. The summed E-state index contributed by atoms with van der Waals surface area (Å²) in [5.74, 6) is 1.52. The Morgan fingerprint density at radius 3 is 2.47 bits per heavy atom. The Morgan fingerprint density at radius 1 is 0.933 bits per heavy atom. The fraction of sp³-hybridized carbons (Fsp3) is 0.409. The molecule has 0 spiro atoms. The number of anilines is 2. The molecule has 2 fully saturated rings. The van der Waals surface area contributed by atoms with Crippen molar-refractivity contribution in [3.63, 3.8) is 0 Å². The third kappa shape index (κ3) is 3.64. The van der Waals surface area contributed by atoms with E-state index in [1.165, 1.54) is 0 Å². The average Bonchev–Trinajstić information content (AvgIpc) is 2.80. The van der Waals surface area contributed by atoms with Crippen LogP contribution in [0.1, 0.15) is 0 Å². The SMILES string of the molecule is CN1CCN(c2ccc(-c3nccc4c(=O)cc(N5CCOCC5)oc34)cn2)CC1. The molecule has 8 heteroatoms. The van der Waals surface area contributed by atoms with Crippen molar-refractivity contribution in [3.8, 4) is 11.3 Å². The lowest BCUT2D eigenvalue weighted by molar-refractivity contribution is 0.121. The van der Waals surface area contributed by atoms with E-state index < -0.39 is 0 Å². The molecule has 0 amide bonds. The second-order valence-electron chi connectivity index (χ2n) is 7.78. The third-order valence-corrected chi connectivity index (χ3v) is 5.80. The Balaban J connectivity index is 1.50. The second-order valence-corrected chi connectivity index (χ2v) is 7.78. The highest BCUT2D eigenvalue weighted by Crippen LogP contribution is 2.29. The van der Waals surface area contributed by atoms with Gasteiger partial charge < -0.3 is 23.9 Å². The summed E-state index contributed by atoms with van der Waals surface area (Å²) < 4.78 is 11.6. The number of morpholine rings is 1. The first-order chi connectivity index (χ1) is 14.7. The summed E-state index contributed by atoms with van der Waals surface area (Å²) in [6.45, 7) is 6.64. The molecule has 0 atom stereocenters. The van der Waals surface area contributed by atoms with Crippen LogP contribution < -0.4 is 15.2 Å². The van der Waals surface area contributed by atoms with Gasteiger partial charge in [-0.2, -0.15) is 0 Å². The highest BCUT2D eigenvalue weighted by Gasteiger charge is 2.19. The Labute approximate surface area is 174 Å². The van der Waals surface area contributed by atoms with Gasteiger partial charge in [0.2, 0.25) is 0 Å². The molecule has 2 aliphatic rings. The summed E-state index contributed by atoms with van der Waals surface area (Å²) in [7, 11) is 2.14. The number of hydrogen-bond donors (Lipinski definition) is 0. The minimum absolute atomic E-state index is 0.0663. The maximum Gasteiger partial charge on any atom is 0.200 e. The molecule has 30 heavy (non-hydrogen) atoms. The standard InChI is InChI=1S/C22H25N5O3/c1-25-6-8-26(9-7-25)19-3-2-16(15-24-19)21-22-17(4-5-23-21)18(28)14-20(30-22)27-10-12-29-13-11-27/h2-5,14-15H,6-13H2,1H3. The van der Waals surface area contributed by atoms with Crippen LogP contribution >= 0.6 is 0 Å². The molecule has 3 aromatic heterocycles. The Bertz CT molecular complexity index is 1080. The number of ether oxygens (including phenoxy) is 1. The van der Waals surface area contributed by atoms with Gasteiger partial charge in [-0.1, -0.05) is 0 Å². The normalized spacial score (nSPS) is 18.2. The second kappa shape index (κ2) is 8.04. The monoisotopic (exact) mass is 407 g/mol. The number of hydrogen-bond acceptors (Lipinski definition) is 8. The van der Waals surface area contributed by atoms with Crippen molar-refractivity contribution in [2.24, 2.45) is 0 Å². The minimum Gasteiger partial charge on any atom is -0.438 e. The van der Waals surface area contributed by atoms with Crippen LogP contribution in [0, 0.1) is 0 Å². The lowest BCUT2D eigenvalue weighted by Gasteiger charge is -2.33. The highest BCUT2D eigenvalue weighted by molar-refractivity contribution is 5.90. The summed E-state index contributed by atoms with van der Waals surface area (Å²) in [5.41, 5.74) is 1.90. The predicted molar refractivity (Wildman–Crippen MR) is 116 cm³/mol. The molecule has 8 nitrogen and oxygen atoms in total. The van der Waals surface area contributed by atoms with Crippen molar-refractivity contribution in [1.29, 1.82) is 0 Å². The molecule has 0 bridgehead atoms. The van der Waals surface area contributed by atoms with Crippen LogP contribution in [0.4, 0.5) is 11.7 Å². The molecule has 0 aromatic carbocycles. The molecule has 5 heterocycles. The number of likely N-dealkylation sites (N-methyl/N-ethyl adjacent to an activating group) is 1. The summed E-state index contributed by atoms with van der Waals surface area (Å²) >= 11 is 0. The van der Waals surface area contributed by atoms with E-state index in [1.807, 2.05) is 23.2 Å². The lowest BCUT2D eigenvalue weighted by Crippen LogP contribution is -2.44. The molecule has 156 valence electrons. The van der Waals surface area contributed by atoms with Crippen LogP contribution in [0.3, 0.4) is 0 Å². The van der Waals surface area contributed by atoms with Crippen molar-refractivity contribution < 1.29 is 9.15 Å². The fourth-order valence-corrected chi connectivity index (χ4v) is 3.96. The topological polar surface area (TPSA) is 74.9 Å². The van der Waals surface area contributed by atoms with Crippen molar-refractivity contribution >= 4 is 22.7 Å². The third-order valence-electron chi connectivity index (χ3n) is 5.80. The molecule has 0 aliphatic carbocycles. The number of fused-ring (bicyclic) bond motifs is 1. The first-order valence-corrected chi connectivity index (χ1v) is 10.3. The minimum atomic E-state index is -0.0663. The van der Waals surface area contributed by atoms with Gasteiger partial charge in [0.25, 0.3) is 0 Å². The van der Waals surface area contributed by atoms with E-state index in [0.29, 0.717) is 48.9 Å². The maximum absolute atomic E-state index is 12.7. The summed E-state index contributed by atoms with van der Waals surface area (Å²) in [6.07, 6.45) is 3.47. The quantitative estimate of drug-likeness (QED) is 0.651. The summed E-state index contributed by atoms with van der Waals surface area (Å²) in [4.78, 5) is 28.6. The zero-order valence-corrected chi connectivity index (χ0v) is 17.1. The predicted octanol–water partition coefficient (Wildman–Crippen LogP) is 1.84. The van der Waals surface area contributed by atoms with Gasteiger partial charge in [-0.3, -0.25) is 9.78 Å². The van der Waals surface area contributed by atoms with Gasteiger partial charge in [-0.15, -0.1) is 0 Å². The van der Waals surface area contributed by atoms with Gasteiger partial charge >= 0.3 is 0 Å². The number of piperazine rings is 1.